The van der Waals surface area contributed by atoms with Crippen molar-refractivity contribution in [1.29, 1.82) is 0 Å². The van der Waals surface area contributed by atoms with Crippen molar-refractivity contribution in [3.63, 3.8) is 0 Å². The van der Waals surface area contributed by atoms with Crippen LogP contribution in [-0.2, 0) is 17.4 Å². The molecule has 4 aliphatic heterocycles. The lowest BCUT2D eigenvalue weighted by atomic mass is 9.89. The second-order valence-corrected chi connectivity index (χ2v) is 9.72. The van der Waals surface area contributed by atoms with Gasteiger partial charge in [-0.25, -0.2) is 9.79 Å². The van der Waals surface area contributed by atoms with Crippen LogP contribution in [0.1, 0.15) is 21.5 Å². The SMILES string of the molecule is O=C1N=C2C=CC(N3CCN(C(=O)c4cc(CC5=C6C=CC=CC6C(=O)N=N5)ccc4C(F)(F)F)CC3)N=C2N1. The molecule has 204 valence electrons. The minimum atomic E-state index is -4.72. The number of amidine groups is 1. The summed E-state index contributed by atoms with van der Waals surface area (Å²) in [5.74, 6) is -1.31. The zero-order chi connectivity index (χ0) is 28.0. The van der Waals surface area contributed by atoms with Crippen LogP contribution in [0.15, 0.2) is 86.1 Å². The van der Waals surface area contributed by atoms with Gasteiger partial charge in [0, 0.05) is 32.6 Å². The zero-order valence-electron chi connectivity index (χ0n) is 20.9. The first-order chi connectivity index (χ1) is 19.2. The van der Waals surface area contributed by atoms with E-state index in [1.807, 2.05) is 4.90 Å². The van der Waals surface area contributed by atoms with Gasteiger partial charge in [-0.1, -0.05) is 30.4 Å². The summed E-state index contributed by atoms with van der Waals surface area (Å²) in [5.41, 5.74) is 0.570. The molecule has 5 aliphatic rings. The van der Waals surface area contributed by atoms with Gasteiger partial charge in [0.25, 0.3) is 11.8 Å². The van der Waals surface area contributed by atoms with E-state index in [1.54, 1.807) is 36.5 Å². The third kappa shape index (κ3) is 4.83. The van der Waals surface area contributed by atoms with E-state index in [1.165, 1.54) is 17.0 Å². The number of amides is 4. The molecule has 0 spiro atoms. The van der Waals surface area contributed by atoms with E-state index < -0.39 is 41.1 Å². The largest absolute Gasteiger partial charge is 0.417 e. The maximum absolute atomic E-state index is 13.9. The third-order valence-corrected chi connectivity index (χ3v) is 7.24. The lowest BCUT2D eigenvalue weighted by Crippen LogP contribution is -2.52. The number of rotatable bonds is 4. The Balaban J connectivity index is 1.20. The minimum Gasteiger partial charge on any atom is -0.336 e. The molecule has 6 rings (SSSR count). The van der Waals surface area contributed by atoms with Gasteiger partial charge in [0.05, 0.1) is 22.7 Å². The Morgan fingerprint density at radius 1 is 1.02 bits per heavy atom. The van der Waals surface area contributed by atoms with Crippen molar-refractivity contribution in [3.8, 4) is 0 Å². The number of hydrogen-bond donors (Lipinski definition) is 1. The summed E-state index contributed by atoms with van der Waals surface area (Å²) in [6, 6.07) is 3.01. The van der Waals surface area contributed by atoms with Gasteiger partial charge >= 0.3 is 12.2 Å². The highest BCUT2D eigenvalue weighted by Crippen LogP contribution is 2.35. The number of azo groups is 1. The Labute approximate surface area is 226 Å². The van der Waals surface area contributed by atoms with Gasteiger partial charge in [-0.05, 0) is 35.4 Å². The molecule has 13 heteroatoms. The fourth-order valence-electron chi connectivity index (χ4n) is 5.20. The topological polar surface area (TPSA) is 119 Å². The molecule has 0 bridgehead atoms. The van der Waals surface area contributed by atoms with Crippen LogP contribution in [0.5, 0.6) is 0 Å². The van der Waals surface area contributed by atoms with Crippen molar-refractivity contribution in [2.45, 2.75) is 18.8 Å². The number of fused-ring (bicyclic) bond motifs is 2. The Bertz CT molecular complexity index is 1530. The maximum atomic E-state index is 13.9. The Morgan fingerprint density at radius 2 is 1.82 bits per heavy atom. The average Bonchev–Trinajstić information content (AvgIpc) is 3.33. The van der Waals surface area contributed by atoms with Gasteiger partial charge in [0.15, 0.2) is 5.84 Å². The molecule has 1 aliphatic carbocycles. The molecule has 1 saturated heterocycles. The minimum absolute atomic E-state index is 0.114. The van der Waals surface area contributed by atoms with Gasteiger partial charge in [-0.3, -0.25) is 19.8 Å². The maximum Gasteiger partial charge on any atom is 0.417 e. The molecule has 4 amide bonds. The van der Waals surface area contributed by atoms with E-state index in [9.17, 15) is 27.6 Å². The number of nitrogens with one attached hydrogen (secondary N) is 1. The number of allylic oxidation sites excluding steroid dienone is 4. The predicted octanol–water partition coefficient (Wildman–Crippen LogP) is 3.45. The second kappa shape index (κ2) is 9.90. The Hall–Kier alpha value is -4.52. The van der Waals surface area contributed by atoms with E-state index in [4.69, 9.17) is 0 Å². The lowest BCUT2D eigenvalue weighted by molar-refractivity contribution is -0.138. The molecule has 1 fully saturated rings. The number of hydrogen-bond acceptors (Lipinski definition) is 6. The van der Waals surface area contributed by atoms with E-state index >= 15 is 0 Å². The second-order valence-electron chi connectivity index (χ2n) is 9.72. The van der Waals surface area contributed by atoms with Crippen LogP contribution < -0.4 is 5.32 Å². The van der Waals surface area contributed by atoms with Crippen molar-refractivity contribution >= 4 is 29.4 Å². The Morgan fingerprint density at radius 3 is 2.60 bits per heavy atom. The summed E-state index contributed by atoms with van der Waals surface area (Å²) in [4.78, 5) is 48.7. The summed E-state index contributed by atoms with van der Waals surface area (Å²) in [6.07, 6.45) is 5.43. The van der Waals surface area contributed by atoms with Crippen LogP contribution >= 0.6 is 0 Å². The number of alkyl halides is 3. The number of nitrogens with zero attached hydrogens (tertiary/aromatic N) is 6. The van der Waals surface area contributed by atoms with Crippen molar-refractivity contribution in [2.75, 3.05) is 26.2 Å². The van der Waals surface area contributed by atoms with Crippen LogP contribution in [0.4, 0.5) is 18.0 Å². The highest BCUT2D eigenvalue weighted by atomic mass is 19.4. The Kier molecular flexibility index (Phi) is 6.37. The number of carbonyl (C=O) groups is 3. The van der Waals surface area contributed by atoms with E-state index in [0.29, 0.717) is 41.5 Å². The molecule has 1 N–H and O–H groups in total. The monoisotopic (exact) mass is 549 g/mol. The van der Waals surface area contributed by atoms with Crippen molar-refractivity contribution in [2.24, 2.45) is 26.1 Å². The number of carbonyl (C=O) groups excluding carboxylic acids is 3. The highest BCUT2D eigenvalue weighted by molar-refractivity contribution is 6.52. The van der Waals surface area contributed by atoms with E-state index in [-0.39, 0.29) is 25.7 Å². The average molecular weight is 550 g/mol. The quantitative estimate of drug-likeness (QED) is 0.619. The molecule has 0 radical (unpaired) electrons. The first-order valence-electron chi connectivity index (χ1n) is 12.6. The number of halogens is 3. The van der Waals surface area contributed by atoms with Crippen molar-refractivity contribution in [3.05, 3.63) is 82.6 Å². The van der Waals surface area contributed by atoms with E-state index in [2.05, 4.69) is 25.5 Å². The highest BCUT2D eigenvalue weighted by Gasteiger charge is 2.38. The smallest absolute Gasteiger partial charge is 0.336 e. The molecular formula is C27H22F3N7O3. The number of piperazine rings is 1. The first-order valence-corrected chi connectivity index (χ1v) is 12.6. The van der Waals surface area contributed by atoms with Crippen molar-refractivity contribution < 1.29 is 27.6 Å². The summed E-state index contributed by atoms with van der Waals surface area (Å²) < 4.78 is 41.8. The summed E-state index contributed by atoms with van der Waals surface area (Å²) >= 11 is 0. The molecule has 1 aromatic rings. The molecule has 10 nitrogen and oxygen atoms in total. The molecule has 4 heterocycles. The standard InChI is InChI=1S/C27H22F3N7O3/c28-27(29,30)19-6-5-15(14-21-16-3-1-2-4-17(16)24(38)35-34-21)13-18(19)25(39)37-11-9-36(10-12-37)22-8-7-20-23(32-22)33-26(40)31-20/h1-8,13,17,22H,9-12,14H2,(H,32,33,40). The van der Waals surface area contributed by atoms with Crippen LogP contribution in [0.25, 0.3) is 0 Å². The predicted molar refractivity (Wildman–Crippen MR) is 138 cm³/mol. The fourth-order valence-corrected chi connectivity index (χ4v) is 5.20. The fraction of sp³-hybridized carbons (Fsp3) is 0.296. The van der Waals surface area contributed by atoms with Crippen molar-refractivity contribution in [1.82, 2.24) is 15.1 Å². The van der Waals surface area contributed by atoms with Gasteiger partial charge in [-0.2, -0.15) is 23.3 Å². The first kappa shape index (κ1) is 25.7. The summed E-state index contributed by atoms with van der Waals surface area (Å²) in [5, 5.41) is 10.3. The van der Waals surface area contributed by atoms with Gasteiger partial charge in [0.2, 0.25) is 0 Å². The number of dihydropyridines is 1. The van der Waals surface area contributed by atoms with Gasteiger partial charge < -0.3 is 4.90 Å². The zero-order valence-corrected chi connectivity index (χ0v) is 20.9. The number of benzene rings is 1. The molecule has 2 atom stereocenters. The molecule has 2 unspecified atom stereocenters. The molecule has 40 heavy (non-hydrogen) atoms. The van der Waals surface area contributed by atoms with Crippen LogP contribution in [0.3, 0.4) is 0 Å². The van der Waals surface area contributed by atoms with Crippen LogP contribution in [0, 0.1) is 5.92 Å². The van der Waals surface area contributed by atoms with E-state index in [0.717, 1.165) is 6.07 Å². The summed E-state index contributed by atoms with van der Waals surface area (Å²) in [7, 11) is 0. The molecule has 0 aromatic heterocycles. The molecule has 0 saturated carbocycles. The van der Waals surface area contributed by atoms with Gasteiger partial charge in [0.1, 0.15) is 11.9 Å². The van der Waals surface area contributed by atoms with Gasteiger partial charge in [-0.15, -0.1) is 5.11 Å². The van der Waals surface area contributed by atoms with Crippen LogP contribution in [-0.4, -0.2) is 71.5 Å². The normalized spacial score (nSPS) is 24.1. The molecular weight excluding hydrogens is 527 g/mol. The molecule has 1 aromatic carbocycles. The summed E-state index contributed by atoms with van der Waals surface area (Å²) in [6.45, 7) is 1.16. The third-order valence-electron chi connectivity index (χ3n) is 7.24. The number of urea groups is 1. The lowest BCUT2D eigenvalue weighted by Gasteiger charge is -2.37. The number of aliphatic imine (C=N–C) groups is 2. The van der Waals surface area contributed by atoms with Crippen LogP contribution in [0.2, 0.25) is 0 Å².